The highest BCUT2D eigenvalue weighted by Crippen LogP contribution is 2.33. The van der Waals surface area contributed by atoms with E-state index in [0.29, 0.717) is 6.61 Å². The minimum absolute atomic E-state index is 0.0214. The molecule has 0 aromatic heterocycles. The fourth-order valence-electron chi connectivity index (χ4n) is 2.78. The summed E-state index contributed by atoms with van der Waals surface area (Å²) in [5, 5.41) is 11.1. The third-order valence-electron chi connectivity index (χ3n) is 4.02. The van der Waals surface area contributed by atoms with Crippen LogP contribution in [-0.4, -0.2) is 42.3 Å². The van der Waals surface area contributed by atoms with Crippen LogP contribution in [-0.2, 0) is 9.53 Å². The molecule has 1 fully saturated rings. The number of nitrogens with one attached hydrogen (secondary N) is 1. The molecule has 1 heterocycles. The lowest BCUT2D eigenvalue weighted by Gasteiger charge is -2.18. The average molecular weight is 324 g/mol. The smallest absolute Gasteiger partial charge is 0.322 e. The monoisotopic (exact) mass is 324 g/mol. The lowest BCUT2D eigenvalue weighted by Crippen LogP contribution is -2.42. The number of hydrogen-bond donors (Lipinski definition) is 3. The summed E-state index contributed by atoms with van der Waals surface area (Å²) in [6, 6.07) is 2.98. The first kappa shape index (κ1) is 17.4. The molecule has 0 unspecified atom stereocenters. The SMILES string of the molecule is CC[C@@H]1OCC[C@@H]1c1cc(F)cc(C(=O)NC[C@@H](N)C(=O)O)c1. The first-order valence-electron chi connectivity index (χ1n) is 7.61. The molecule has 126 valence electrons. The number of amides is 1. The van der Waals surface area contributed by atoms with Gasteiger partial charge in [0.25, 0.3) is 5.91 Å². The number of halogens is 1. The Balaban J connectivity index is 2.13. The van der Waals surface area contributed by atoms with Crippen LogP contribution in [0.5, 0.6) is 0 Å². The minimum atomic E-state index is -1.21. The van der Waals surface area contributed by atoms with Crippen molar-refractivity contribution in [1.29, 1.82) is 0 Å². The number of carboxylic acids is 1. The first-order chi connectivity index (χ1) is 10.9. The largest absolute Gasteiger partial charge is 0.480 e. The predicted molar refractivity (Wildman–Crippen MR) is 81.7 cm³/mol. The van der Waals surface area contributed by atoms with Gasteiger partial charge in [0.05, 0.1) is 6.10 Å². The minimum Gasteiger partial charge on any atom is -0.480 e. The van der Waals surface area contributed by atoms with Gasteiger partial charge in [-0.3, -0.25) is 9.59 Å². The van der Waals surface area contributed by atoms with Gasteiger partial charge in [-0.25, -0.2) is 4.39 Å². The molecule has 1 aromatic carbocycles. The highest BCUT2D eigenvalue weighted by Gasteiger charge is 2.29. The van der Waals surface area contributed by atoms with Crippen molar-refractivity contribution < 1.29 is 23.8 Å². The van der Waals surface area contributed by atoms with Gasteiger partial charge >= 0.3 is 5.97 Å². The summed E-state index contributed by atoms with van der Waals surface area (Å²) in [6.07, 6.45) is 1.62. The molecule has 0 radical (unpaired) electrons. The number of carbonyl (C=O) groups excluding carboxylic acids is 1. The van der Waals surface area contributed by atoms with E-state index >= 15 is 0 Å². The summed E-state index contributed by atoms with van der Waals surface area (Å²) in [5.41, 5.74) is 6.21. The van der Waals surface area contributed by atoms with Crippen LogP contribution in [0, 0.1) is 5.82 Å². The van der Waals surface area contributed by atoms with Crippen molar-refractivity contribution in [2.45, 2.75) is 37.8 Å². The zero-order valence-electron chi connectivity index (χ0n) is 12.9. The zero-order valence-corrected chi connectivity index (χ0v) is 12.9. The lowest BCUT2D eigenvalue weighted by molar-refractivity contribution is -0.138. The molecule has 1 amide bonds. The number of nitrogens with two attached hydrogens (primary N) is 1. The number of rotatable bonds is 6. The zero-order chi connectivity index (χ0) is 17.0. The molecule has 0 spiro atoms. The third kappa shape index (κ3) is 4.27. The Bertz CT molecular complexity index is 593. The Morgan fingerprint density at radius 1 is 1.48 bits per heavy atom. The molecule has 1 saturated heterocycles. The normalized spacial score (nSPS) is 21.9. The van der Waals surface area contributed by atoms with Crippen molar-refractivity contribution in [1.82, 2.24) is 5.32 Å². The molecule has 1 aromatic rings. The van der Waals surface area contributed by atoms with Crippen molar-refractivity contribution in [3.8, 4) is 0 Å². The number of benzene rings is 1. The summed E-state index contributed by atoms with van der Waals surface area (Å²) in [7, 11) is 0. The summed E-state index contributed by atoms with van der Waals surface area (Å²) < 4.78 is 19.5. The van der Waals surface area contributed by atoms with Gasteiger partial charge in [0.2, 0.25) is 0 Å². The van der Waals surface area contributed by atoms with Crippen molar-refractivity contribution in [2.75, 3.05) is 13.2 Å². The van der Waals surface area contributed by atoms with Crippen LogP contribution in [0.1, 0.15) is 41.6 Å². The first-order valence-corrected chi connectivity index (χ1v) is 7.61. The van der Waals surface area contributed by atoms with Crippen LogP contribution in [0.4, 0.5) is 4.39 Å². The van der Waals surface area contributed by atoms with E-state index in [1.54, 1.807) is 6.07 Å². The molecule has 7 heteroatoms. The van der Waals surface area contributed by atoms with Gasteiger partial charge in [0.15, 0.2) is 0 Å². The molecule has 2 rings (SSSR count). The molecule has 3 atom stereocenters. The molecule has 6 nitrogen and oxygen atoms in total. The Morgan fingerprint density at radius 2 is 2.22 bits per heavy atom. The number of ether oxygens (including phenoxy) is 1. The Morgan fingerprint density at radius 3 is 2.87 bits per heavy atom. The van der Waals surface area contributed by atoms with E-state index in [1.807, 2.05) is 6.92 Å². The highest BCUT2D eigenvalue weighted by molar-refractivity contribution is 5.94. The topological polar surface area (TPSA) is 102 Å². The molecular weight excluding hydrogens is 303 g/mol. The number of carboxylic acid groups (broad SMARTS) is 1. The Labute approximate surface area is 133 Å². The predicted octanol–water partition coefficient (Wildman–Crippen LogP) is 1.25. The van der Waals surface area contributed by atoms with Crippen molar-refractivity contribution in [3.05, 3.63) is 35.1 Å². The molecule has 1 aliphatic heterocycles. The second-order valence-corrected chi connectivity index (χ2v) is 5.64. The van der Waals surface area contributed by atoms with E-state index < -0.39 is 23.7 Å². The average Bonchev–Trinajstić information content (AvgIpc) is 3.00. The molecule has 0 aliphatic carbocycles. The molecule has 4 N–H and O–H groups in total. The van der Waals surface area contributed by atoms with Crippen LogP contribution in [0.15, 0.2) is 18.2 Å². The van der Waals surface area contributed by atoms with Gasteiger partial charge < -0.3 is 20.9 Å². The number of hydrogen-bond acceptors (Lipinski definition) is 4. The van der Waals surface area contributed by atoms with Crippen LogP contribution < -0.4 is 11.1 Å². The van der Waals surface area contributed by atoms with E-state index in [2.05, 4.69) is 5.32 Å². The van der Waals surface area contributed by atoms with Crippen molar-refractivity contribution in [3.63, 3.8) is 0 Å². The third-order valence-corrected chi connectivity index (χ3v) is 4.02. The summed E-state index contributed by atoms with van der Waals surface area (Å²) in [5.74, 6) is -2.20. The van der Waals surface area contributed by atoms with E-state index in [4.69, 9.17) is 15.6 Å². The van der Waals surface area contributed by atoms with Crippen LogP contribution in [0.2, 0.25) is 0 Å². The standard InChI is InChI=1S/C16H21FN2O4/c1-2-14-12(3-4-23-14)9-5-10(7-11(17)6-9)15(20)19-8-13(18)16(21)22/h5-7,12-14H,2-4,8,18H2,1H3,(H,19,20)(H,21,22)/t12-,13-,14+/m1/s1. The van der Waals surface area contributed by atoms with Gasteiger partial charge in [0.1, 0.15) is 11.9 Å². The van der Waals surface area contributed by atoms with Crippen LogP contribution in [0.3, 0.4) is 0 Å². The maximum absolute atomic E-state index is 13.9. The van der Waals surface area contributed by atoms with Crippen molar-refractivity contribution in [2.24, 2.45) is 5.73 Å². The summed E-state index contributed by atoms with van der Waals surface area (Å²) >= 11 is 0. The molecular formula is C16H21FN2O4. The quantitative estimate of drug-likeness (QED) is 0.731. The van der Waals surface area contributed by atoms with Crippen molar-refractivity contribution >= 4 is 11.9 Å². The summed E-state index contributed by atoms with van der Waals surface area (Å²) in [6.45, 7) is 2.40. The molecule has 0 bridgehead atoms. The van der Waals surface area contributed by atoms with Gasteiger partial charge in [-0.05, 0) is 36.6 Å². The Hall–Kier alpha value is -1.99. The van der Waals surface area contributed by atoms with Gasteiger partial charge in [-0.15, -0.1) is 0 Å². The number of aliphatic carboxylic acids is 1. The lowest BCUT2D eigenvalue weighted by atomic mass is 9.90. The number of carbonyl (C=O) groups is 2. The van der Waals surface area contributed by atoms with E-state index in [9.17, 15) is 14.0 Å². The molecule has 1 aliphatic rings. The second kappa shape index (κ2) is 7.52. The maximum Gasteiger partial charge on any atom is 0.322 e. The Kier molecular flexibility index (Phi) is 5.68. The van der Waals surface area contributed by atoms with Gasteiger partial charge in [0, 0.05) is 24.6 Å². The maximum atomic E-state index is 13.9. The van der Waals surface area contributed by atoms with E-state index in [0.717, 1.165) is 24.5 Å². The van der Waals surface area contributed by atoms with Gasteiger partial charge in [-0.1, -0.05) is 6.92 Å². The van der Waals surface area contributed by atoms with E-state index in [-0.39, 0.29) is 24.1 Å². The molecule has 23 heavy (non-hydrogen) atoms. The van der Waals surface area contributed by atoms with E-state index in [1.165, 1.54) is 6.07 Å². The second-order valence-electron chi connectivity index (χ2n) is 5.64. The van der Waals surface area contributed by atoms with Crippen LogP contribution >= 0.6 is 0 Å². The fraction of sp³-hybridized carbons (Fsp3) is 0.500. The fourth-order valence-corrected chi connectivity index (χ4v) is 2.78. The molecule has 0 saturated carbocycles. The van der Waals surface area contributed by atoms with Crippen LogP contribution in [0.25, 0.3) is 0 Å². The summed E-state index contributed by atoms with van der Waals surface area (Å²) in [4.78, 5) is 22.7. The van der Waals surface area contributed by atoms with Gasteiger partial charge in [-0.2, -0.15) is 0 Å². The highest BCUT2D eigenvalue weighted by atomic mass is 19.1.